The molecule has 0 aliphatic carbocycles. The Balaban J connectivity index is 1.35. The van der Waals surface area contributed by atoms with Crippen molar-refractivity contribution in [1.82, 2.24) is 4.90 Å². The van der Waals surface area contributed by atoms with Crippen LogP contribution in [-0.2, 0) is 23.9 Å². The summed E-state index contributed by atoms with van der Waals surface area (Å²) in [4.78, 5) is 39.3. The molecule has 2 bridgehead atoms. The molecule has 2 fully saturated rings. The van der Waals surface area contributed by atoms with E-state index in [-0.39, 0.29) is 38.3 Å². The van der Waals surface area contributed by atoms with E-state index in [1.54, 1.807) is 25.1 Å². The number of benzene rings is 1. The highest BCUT2D eigenvalue weighted by molar-refractivity contribution is 6.00. The molecule has 1 spiro atoms. The average Bonchev–Trinajstić information content (AvgIpc) is 3.43. The first kappa shape index (κ1) is 18.0. The number of rotatable bonds is 5. The number of carbonyl (C=O) groups excluding carboxylic acids is 3. The molecule has 4 aliphatic heterocycles. The Bertz CT molecular complexity index is 929. The fourth-order valence-corrected chi connectivity index (χ4v) is 4.57. The summed E-state index contributed by atoms with van der Waals surface area (Å²) >= 11 is 0. The van der Waals surface area contributed by atoms with E-state index in [0.717, 1.165) is 0 Å². The number of hydrogen-bond donors (Lipinski definition) is 1. The third-order valence-electron chi connectivity index (χ3n) is 5.75. The van der Waals surface area contributed by atoms with Crippen LogP contribution in [0.4, 0.5) is 5.69 Å². The van der Waals surface area contributed by atoms with Crippen molar-refractivity contribution in [2.24, 2.45) is 11.8 Å². The van der Waals surface area contributed by atoms with Crippen molar-refractivity contribution < 1.29 is 33.3 Å². The summed E-state index contributed by atoms with van der Waals surface area (Å²) in [5.74, 6) is -1.22. The maximum atomic E-state index is 13.1. The average molecular weight is 400 g/mol. The molecule has 9 nitrogen and oxygen atoms in total. The number of anilines is 1. The number of likely N-dealkylation sites (tertiary alicyclic amines) is 1. The first-order valence-corrected chi connectivity index (χ1v) is 9.53. The van der Waals surface area contributed by atoms with Gasteiger partial charge >= 0.3 is 5.97 Å². The number of nitrogens with one attached hydrogen (secondary N) is 1. The van der Waals surface area contributed by atoms with Crippen LogP contribution >= 0.6 is 0 Å². The van der Waals surface area contributed by atoms with Crippen molar-refractivity contribution >= 4 is 23.5 Å². The summed E-state index contributed by atoms with van der Waals surface area (Å²) in [5, 5.41) is 2.85. The van der Waals surface area contributed by atoms with E-state index >= 15 is 0 Å². The summed E-state index contributed by atoms with van der Waals surface area (Å²) in [6, 6.07) is 5.12. The molecular formula is C20H20N2O7. The molecule has 1 N–H and O–H groups in total. The van der Waals surface area contributed by atoms with Crippen molar-refractivity contribution in [2.75, 3.05) is 31.8 Å². The van der Waals surface area contributed by atoms with Gasteiger partial charge < -0.3 is 29.2 Å². The topological polar surface area (TPSA) is 103 Å². The lowest BCUT2D eigenvalue weighted by atomic mass is 9.77. The Labute approximate surface area is 166 Å². The highest BCUT2D eigenvalue weighted by Crippen LogP contribution is 2.52. The van der Waals surface area contributed by atoms with E-state index in [2.05, 4.69) is 5.32 Å². The van der Waals surface area contributed by atoms with Crippen LogP contribution < -0.4 is 14.8 Å². The van der Waals surface area contributed by atoms with E-state index in [0.29, 0.717) is 17.2 Å². The van der Waals surface area contributed by atoms with Gasteiger partial charge in [-0.2, -0.15) is 0 Å². The van der Waals surface area contributed by atoms with Crippen molar-refractivity contribution in [3.8, 4) is 11.5 Å². The molecule has 4 heterocycles. The van der Waals surface area contributed by atoms with Gasteiger partial charge in [-0.1, -0.05) is 12.2 Å². The maximum absolute atomic E-state index is 13.1. The lowest BCUT2D eigenvalue weighted by Crippen LogP contribution is -2.41. The Morgan fingerprint density at radius 3 is 2.97 bits per heavy atom. The summed E-state index contributed by atoms with van der Waals surface area (Å²) in [6.45, 7) is 2.18. The normalized spacial score (nSPS) is 30.6. The Kier molecular flexibility index (Phi) is 4.02. The van der Waals surface area contributed by atoms with Gasteiger partial charge in [-0.15, -0.1) is 0 Å². The van der Waals surface area contributed by atoms with Gasteiger partial charge in [-0.3, -0.25) is 14.4 Å². The minimum atomic E-state index is -0.870. The SMILES string of the molecule is CCOC(=O)CN1C[C@@]23C=C[C@@H](O2)[C@H](C(=O)Nc2ccc4c(c2)OCO4)[C@@H]3C1=O. The summed E-state index contributed by atoms with van der Waals surface area (Å²) in [5.41, 5.74) is -0.320. The van der Waals surface area contributed by atoms with Gasteiger partial charge in [0.2, 0.25) is 18.6 Å². The molecule has 2 saturated heterocycles. The van der Waals surface area contributed by atoms with Crippen LogP contribution in [0.2, 0.25) is 0 Å². The fourth-order valence-electron chi connectivity index (χ4n) is 4.57. The minimum absolute atomic E-state index is 0.144. The molecule has 2 amide bonds. The number of carbonyl (C=O) groups is 3. The predicted octanol–water partition coefficient (Wildman–Crippen LogP) is 0.699. The van der Waals surface area contributed by atoms with Gasteiger partial charge in [0.25, 0.3) is 0 Å². The number of fused-ring (bicyclic) bond motifs is 2. The van der Waals surface area contributed by atoms with Gasteiger partial charge in [0.1, 0.15) is 12.1 Å². The first-order chi connectivity index (χ1) is 14.0. The highest BCUT2D eigenvalue weighted by atomic mass is 16.7. The molecule has 1 aromatic carbocycles. The molecule has 0 saturated carbocycles. The van der Waals surface area contributed by atoms with Crippen LogP contribution in [0.3, 0.4) is 0 Å². The smallest absolute Gasteiger partial charge is 0.325 e. The van der Waals surface area contributed by atoms with Gasteiger partial charge in [-0.05, 0) is 19.1 Å². The predicted molar refractivity (Wildman–Crippen MR) is 98.1 cm³/mol. The summed E-state index contributed by atoms with van der Waals surface area (Å²) in [6.07, 6.45) is 3.19. The molecule has 9 heteroatoms. The van der Waals surface area contributed by atoms with Crippen molar-refractivity contribution in [1.29, 1.82) is 0 Å². The van der Waals surface area contributed by atoms with E-state index in [9.17, 15) is 14.4 Å². The monoisotopic (exact) mass is 400 g/mol. The first-order valence-electron chi connectivity index (χ1n) is 9.53. The second-order valence-corrected chi connectivity index (χ2v) is 7.46. The number of ether oxygens (including phenoxy) is 4. The van der Waals surface area contributed by atoms with Gasteiger partial charge in [0.15, 0.2) is 11.5 Å². The zero-order valence-corrected chi connectivity index (χ0v) is 15.8. The van der Waals surface area contributed by atoms with E-state index in [1.165, 1.54) is 4.90 Å². The van der Waals surface area contributed by atoms with Crippen molar-refractivity contribution in [3.63, 3.8) is 0 Å². The standard InChI is InChI=1S/C20H20N2O7/c1-2-26-15(23)8-22-9-20-6-5-13(29-20)16(17(20)19(22)25)18(24)21-11-3-4-12-14(7-11)28-10-27-12/h3-7,13,16-17H,2,8-10H2,1H3,(H,21,24)/t13-,16+,17-,20-/m1/s1. The quantitative estimate of drug-likeness (QED) is 0.573. The maximum Gasteiger partial charge on any atom is 0.325 e. The van der Waals surface area contributed by atoms with Crippen LogP contribution in [-0.4, -0.2) is 60.9 Å². The van der Waals surface area contributed by atoms with Crippen LogP contribution in [0.25, 0.3) is 0 Å². The molecule has 5 rings (SSSR count). The van der Waals surface area contributed by atoms with Gasteiger partial charge in [0.05, 0.1) is 31.1 Å². The minimum Gasteiger partial charge on any atom is -0.465 e. The fraction of sp³-hybridized carbons (Fsp3) is 0.450. The molecule has 0 radical (unpaired) electrons. The summed E-state index contributed by atoms with van der Waals surface area (Å²) < 4.78 is 21.6. The van der Waals surface area contributed by atoms with Crippen molar-refractivity contribution in [2.45, 2.75) is 18.6 Å². The van der Waals surface area contributed by atoms with E-state index in [1.807, 2.05) is 12.2 Å². The van der Waals surface area contributed by atoms with Crippen molar-refractivity contribution in [3.05, 3.63) is 30.4 Å². The third kappa shape index (κ3) is 2.76. The Morgan fingerprint density at radius 1 is 1.31 bits per heavy atom. The number of esters is 1. The zero-order valence-electron chi connectivity index (χ0n) is 15.8. The zero-order chi connectivity index (χ0) is 20.2. The van der Waals surface area contributed by atoms with Gasteiger partial charge in [-0.25, -0.2) is 0 Å². The Hall–Kier alpha value is -3.07. The molecule has 4 atom stereocenters. The van der Waals surface area contributed by atoms with E-state index < -0.39 is 29.5 Å². The molecule has 152 valence electrons. The van der Waals surface area contributed by atoms with Crippen LogP contribution in [0.5, 0.6) is 11.5 Å². The second kappa shape index (κ2) is 6.48. The lowest BCUT2D eigenvalue weighted by Gasteiger charge is -2.23. The molecule has 0 aromatic heterocycles. The molecule has 29 heavy (non-hydrogen) atoms. The number of hydrogen-bond acceptors (Lipinski definition) is 7. The number of nitrogens with zero attached hydrogens (tertiary/aromatic N) is 1. The molecule has 1 aromatic rings. The van der Waals surface area contributed by atoms with Crippen LogP contribution in [0.15, 0.2) is 30.4 Å². The molecule has 4 aliphatic rings. The van der Waals surface area contributed by atoms with Gasteiger partial charge in [0, 0.05) is 11.8 Å². The number of amides is 2. The summed E-state index contributed by atoms with van der Waals surface area (Å²) in [7, 11) is 0. The Morgan fingerprint density at radius 2 is 2.14 bits per heavy atom. The molecule has 0 unspecified atom stereocenters. The van der Waals surface area contributed by atoms with Crippen LogP contribution in [0, 0.1) is 11.8 Å². The lowest BCUT2D eigenvalue weighted by molar-refractivity contribution is -0.148. The second-order valence-electron chi connectivity index (χ2n) is 7.46. The van der Waals surface area contributed by atoms with Crippen LogP contribution in [0.1, 0.15) is 6.92 Å². The largest absolute Gasteiger partial charge is 0.465 e. The van der Waals surface area contributed by atoms with E-state index in [4.69, 9.17) is 18.9 Å². The highest BCUT2D eigenvalue weighted by Gasteiger charge is 2.67. The third-order valence-corrected chi connectivity index (χ3v) is 5.75. The molecular weight excluding hydrogens is 380 g/mol.